The number of carbonyl (C=O) groups excluding carboxylic acids is 1. The zero-order valence-corrected chi connectivity index (χ0v) is 9.14. The van der Waals surface area contributed by atoms with Crippen LogP contribution in [0.4, 0.5) is 0 Å². The van der Waals surface area contributed by atoms with Crippen LogP contribution in [0.3, 0.4) is 0 Å². The lowest BCUT2D eigenvalue weighted by atomic mass is 10.3. The average molecular weight is 177 g/mol. The molecule has 0 rings (SSSR count). The van der Waals surface area contributed by atoms with Gasteiger partial charge in [-0.15, -0.1) is 0 Å². The second-order valence-corrected chi connectivity index (χ2v) is 2.24. The summed E-state index contributed by atoms with van der Waals surface area (Å²) in [6.07, 6.45) is 0. The number of aliphatic hydroxyl groups excluding tert-OH is 1. The Morgan fingerprint density at radius 1 is 1.33 bits per heavy atom. The summed E-state index contributed by atoms with van der Waals surface area (Å²) >= 11 is 0. The van der Waals surface area contributed by atoms with E-state index in [1.165, 1.54) is 0 Å². The van der Waals surface area contributed by atoms with Gasteiger partial charge in [-0.1, -0.05) is 27.7 Å². The minimum atomic E-state index is 0.193. The monoisotopic (exact) mass is 177 g/mol. The van der Waals surface area contributed by atoms with Crippen LogP contribution in [0.5, 0.6) is 0 Å². The van der Waals surface area contributed by atoms with E-state index in [9.17, 15) is 4.79 Å². The molecule has 2 N–H and O–H groups in total. The zero-order chi connectivity index (χ0) is 10.6. The Labute approximate surface area is 76.2 Å². The van der Waals surface area contributed by atoms with E-state index < -0.39 is 0 Å². The Bertz CT molecular complexity index is 82.6. The molecule has 0 fully saturated rings. The van der Waals surface area contributed by atoms with Gasteiger partial charge in [-0.3, -0.25) is 4.79 Å². The number of ketones is 1. The minimum absolute atomic E-state index is 0.193. The topological polar surface area (TPSA) is 49.3 Å². The van der Waals surface area contributed by atoms with Crippen LogP contribution in [0.25, 0.3) is 0 Å². The molecule has 0 aromatic heterocycles. The normalized spacial score (nSPS) is 7.67. The highest BCUT2D eigenvalue weighted by Gasteiger charge is 1.92. The van der Waals surface area contributed by atoms with Gasteiger partial charge in [-0.2, -0.15) is 0 Å². The highest BCUT2D eigenvalue weighted by Crippen LogP contribution is 1.74. The summed E-state index contributed by atoms with van der Waals surface area (Å²) < 4.78 is 0. The van der Waals surface area contributed by atoms with Crippen LogP contribution in [-0.4, -0.2) is 30.6 Å². The molecule has 0 aliphatic rings. The van der Waals surface area contributed by atoms with E-state index in [2.05, 4.69) is 5.32 Å². The Balaban J connectivity index is -0.000000175. The highest BCUT2D eigenvalue weighted by atomic mass is 16.2. The van der Waals surface area contributed by atoms with E-state index in [1.807, 2.05) is 27.7 Å². The van der Waals surface area contributed by atoms with Crippen molar-refractivity contribution >= 4 is 5.78 Å². The van der Waals surface area contributed by atoms with Crippen LogP contribution in [0.15, 0.2) is 0 Å². The van der Waals surface area contributed by atoms with Crippen molar-refractivity contribution in [1.29, 1.82) is 0 Å². The van der Waals surface area contributed by atoms with Gasteiger partial charge in [0.25, 0.3) is 0 Å². The molecule has 0 atom stereocenters. The van der Waals surface area contributed by atoms with Crippen LogP contribution in [0.1, 0.15) is 34.6 Å². The average Bonchev–Trinajstić information content (AvgIpc) is 2.08. The number of hydrogen-bond donors (Lipinski definition) is 2. The number of aliphatic hydroxyl groups is 1. The lowest BCUT2D eigenvalue weighted by molar-refractivity contribution is -0.116. The Morgan fingerprint density at radius 3 is 1.75 bits per heavy atom. The summed E-state index contributed by atoms with van der Waals surface area (Å²) in [4.78, 5) is 10.3. The van der Waals surface area contributed by atoms with E-state index >= 15 is 0 Å². The van der Waals surface area contributed by atoms with E-state index in [0.29, 0.717) is 12.6 Å². The lowest BCUT2D eigenvalue weighted by Gasteiger charge is -2.03. The van der Waals surface area contributed by atoms with Crippen LogP contribution in [0, 0.1) is 0 Å². The molecule has 0 amide bonds. The summed E-state index contributed by atoms with van der Waals surface area (Å²) in [5.41, 5.74) is 0. The standard InChI is InChI=1S/C6H13NO.C2H6.CH4O/c1-5(2)7-4-6(3)8;2*1-2/h5,7H,4H2,1-3H3;1-2H3;2H,1H3. The van der Waals surface area contributed by atoms with Crippen molar-refractivity contribution in [3.63, 3.8) is 0 Å². The van der Waals surface area contributed by atoms with Gasteiger partial charge in [0.15, 0.2) is 0 Å². The molecule has 3 nitrogen and oxygen atoms in total. The van der Waals surface area contributed by atoms with Crippen molar-refractivity contribution in [3.05, 3.63) is 0 Å². The molecule has 0 unspecified atom stereocenters. The number of hydrogen-bond acceptors (Lipinski definition) is 3. The molecule has 0 aromatic rings. The van der Waals surface area contributed by atoms with Gasteiger partial charge in [0, 0.05) is 13.2 Å². The van der Waals surface area contributed by atoms with Crippen LogP contribution < -0.4 is 5.32 Å². The first kappa shape index (κ1) is 17.6. The van der Waals surface area contributed by atoms with E-state index in [0.717, 1.165) is 7.11 Å². The maximum Gasteiger partial charge on any atom is 0.143 e. The highest BCUT2D eigenvalue weighted by molar-refractivity contribution is 5.77. The summed E-state index contributed by atoms with van der Waals surface area (Å²) in [5, 5.41) is 10.00. The van der Waals surface area contributed by atoms with Gasteiger partial charge in [-0.25, -0.2) is 0 Å². The third kappa shape index (κ3) is 33.6. The first-order valence-corrected chi connectivity index (χ1v) is 4.30. The molecule has 3 heteroatoms. The van der Waals surface area contributed by atoms with Gasteiger partial charge in [0.2, 0.25) is 0 Å². The third-order valence-corrected chi connectivity index (χ3v) is 0.759. The minimum Gasteiger partial charge on any atom is -0.400 e. The van der Waals surface area contributed by atoms with Crippen molar-refractivity contribution in [3.8, 4) is 0 Å². The van der Waals surface area contributed by atoms with E-state index in [1.54, 1.807) is 6.92 Å². The van der Waals surface area contributed by atoms with Gasteiger partial charge in [0.1, 0.15) is 5.78 Å². The van der Waals surface area contributed by atoms with Crippen LogP contribution in [0.2, 0.25) is 0 Å². The second kappa shape index (κ2) is 16.9. The summed E-state index contributed by atoms with van der Waals surface area (Å²) in [6.45, 7) is 10.1. The quantitative estimate of drug-likeness (QED) is 0.681. The van der Waals surface area contributed by atoms with Gasteiger partial charge >= 0.3 is 0 Å². The molecule has 0 aromatic carbocycles. The first-order valence-electron chi connectivity index (χ1n) is 4.30. The summed E-state index contributed by atoms with van der Waals surface area (Å²) in [6, 6.07) is 0.416. The number of rotatable bonds is 3. The Hall–Kier alpha value is -0.410. The van der Waals surface area contributed by atoms with Crippen LogP contribution >= 0.6 is 0 Å². The van der Waals surface area contributed by atoms with E-state index in [4.69, 9.17) is 5.11 Å². The first-order chi connectivity index (χ1) is 5.63. The maximum absolute atomic E-state index is 10.3. The third-order valence-electron chi connectivity index (χ3n) is 0.759. The summed E-state index contributed by atoms with van der Waals surface area (Å²) in [5.74, 6) is 0.193. The predicted octanol–water partition coefficient (Wildman–Crippen LogP) is 1.21. The SMILES string of the molecule is CC.CC(=O)CNC(C)C.CO. The van der Waals surface area contributed by atoms with E-state index in [-0.39, 0.29) is 5.78 Å². The molecule has 0 radical (unpaired) electrons. The molecule has 0 spiro atoms. The van der Waals surface area contributed by atoms with Crippen molar-refractivity contribution in [2.24, 2.45) is 0 Å². The van der Waals surface area contributed by atoms with Crippen LogP contribution in [-0.2, 0) is 4.79 Å². The van der Waals surface area contributed by atoms with Crippen molar-refractivity contribution in [2.75, 3.05) is 13.7 Å². The Kier molecular flexibility index (Phi) is 24.8. The molecule has 0 aliphatic carbocycles. The molecule has 0 heterocycles. The number of carbonyl (C=O) groups is 1. The fourth-order valence-corrected chi connectivity index (χ4v) is 0.348. The zero-order valence-electron chi connectivity index (χ0n) is 9.14. The largest absolute Gasteiger partial charge is 0.400 e. The van der Waals surface area contributed by atoms with Crippen molar-refractivity contribution in [2.45, 2.75) is 40.7 Å². The lowest BCUT2D eigenvalue weighted by Crippen LogP contribution is -2.27. The fraction of sp³-hybridized carbons (Fsp3) is 0.889. The molecule has 0 saturated heterocycles. The number of nitrogens with one attached hydrogen (secondary N) is 1. The Morgan fingerprint density at radius 2 is 1.67 bits per heavy atom. The summed E-state index contributed by atoms with van der Waals surface area (Å²) in [7, 11) is 1.00. The van der Waals surface area contributed by atoms with Crippen molar-refractivity contribution < 1.29 is 9.90 Å². The molecular weight excluding hydrogens is 154 g/mol. The molecule has 12 heavy (non-hydrogen) atoms. The van der Waals surface area contributed by atoms with Crippen molar-refractivity contribution in [1.82, 2.24) is 5.32 Å². The smallest absolute Gasteiger partial charge is 0.143 e. The molecule has 0 saturated carbocycles. The maximum atomic E-state index is 10.3. The second-order valence-electron chi connectivity index (χ2n) is 2.24. The molecule has 76 valence electrons. The van der Waals surface area contributed by atoms with Gasteiger partial charge in [0.05, 0.1) is 6.54 Å². The van der Waals surface area contributed by atoms with Gasteiger partial charge < -0.3 is 10.4 Å². The van der Waals surface area contributed by atoms with Gasteiger partial charge in [-0.05, 0) is 6.92 Å². The molecular formula is C9H23NO2. The fourth-order valence-electron chi connectivity index (χ4n) is 0.348. The number of Topliss-reactive ketones (excluding diaryl/α,β-unsaturated/α-hetero) is 1. The molecule has 0 aliphatic heterocycles. The predicted molar refractivity (Wildman–Crippen MR) is 53.3 cm³/mol. The molecule has 0 bridgehead atoms.